The van der Waals surface area contributed by atoms with Gasteiger partial charge in [0.15, 0.2) is 0 Å². The minimum Gasteiger partial charge on any atom is -0.481 e. The maximum Gasteiger partial charge on any atom is 0.310 e. The van der Waals surface area contributed by atoms with E-state index in [2.05, 4.69) is 4.98 Å². The number of carboxylic acid groups (broad SMARTS) is 1. The Morgan fingerprint density at radius 3 is 2.53 bits per heavy atom. The molecule has 2 aromatic rings. The summed E-state index contributed by atoms with van der Waals surface area (Å²) in [6, 6.07) is 5.12. The molecule has 1 aromatic carbocycles. The molecule has 88 valence electrons. The number of hydrogen-bond acceptors (Lipinski definition) is 3. The van der Waals surface area contributed by atoms with Crippen molar-refractivity contribution in [1.82, 2.24) is 4.98 Å². The van der Waals surface area contributed by atoms with Gasteiger partial charge in [-0.15, -0.1) is 11.3 Å². The van der Waals surface area contributed by atoms with Crippen LogP contribution in [0.4, 0.5) is 0 Å². The number of halogens is 2. The third-order valence-corrected chi connectivity index (χ3v) is 3.30. The Kier molecular flexibility index (Phi) is 3.66. The largest absolute Gasteiger partial charge is 0.481 e. The molecule has 6 heteroatoms. The normalized spacial score (nSPS) is 10.5. The average molecular weight is 288 g/mol. The van der Waals surface area contributed by atoms with Crippen LogP contribution in [0, 0.1) is 0 Å². The molecule has 0 aliphatic heterocycles. The second kappa shape index (κ2) is 5.04. The lowest BCUT2D eigenvalue weighted by molar-refractivity contribution is -0.136. The second-order valence-electron chi connectivity index (χ2n) is 3.36. The van der Waals surface area contributed by atoms with Gasteiger partial charge in [-0.05, 0) is 18.2 Å². The van der Waals surface area contributed by atoms with Crippen LogP contribution < -0.4 is 0 Å². The molecule has 17 heavy (non-hydrogen) atoms. The monoisotopic (exact) mass is 287 g/mol. The second-order valence-corrected chi connectivity index (χ2v) is 5.17. The van der Waals surface area contributed by atoms with Gasteiger partial charge in [-0.25, -0.2) is 4.98 Å². The van der Waals surface area contributed by atoms with E-state index in [9.17, 15) is 4.79 Å². The first-order chi connectivity index (χ1) is 8.04. The number of rotatable bonds is 3. The van der Waals surface area contributed by atoms with Crippen LogP contribution in [0.25, 0.3) is 11.3 Å². The summed E-state index contributed by atoms with van der Waals surface area (Å²) < 4.78 is 0. The van der Waals surface area contributed by atoms with Gasteiger partial charge in [-0.1, -0.05) is 23.2 Å². The zero-order valence-electron chi connectivity index (χ0n) is 8.48. The molecule has 0 amide bonds. The van der Waals surface area contributed by atoms with Crippen molar-refractivity contribution in [2.75, 3.05) is 0 Å². The first-order valence-electron chi connectivity index (χ1n) is 4.67. The fourth-order valence-corrected chi connectivity index (χ4v) is 2.68. The van der Waals surface area contributed by atoms with Crippen molar-refractivity contribution in [3.05, 3.63) is 38.6 Å². The van der Waals surface area contributed by atoms with Crippen LogP contribution in [0.15, 0.2) is 23.6 Å². The number of aliphatic carboxylic acids is 1. The van der Waals surface area contributed by atoms with Crippen LogP contribution in [0.5, 0.6) is 0 Å². The lowest BCUT2D eigenvalue weighted by Crippen LogP contribution is -1.99. The zero-order valence-corrected chi connectivity index (χ0v) is 10.8. The predicted molar refractivity (Wildman–Crippen MR) is 68.9 cm³/mol. The standard InChI is InChI=1S/C11H7Cl2NO2S/c12-7-1-6(2-8(13)3-7)9-5-17-10(14-9)4-11(15)16/h1-3,5H,4H2,(H,15,16). The summed E-state index contributed by atoms with van der Waals surface area (Å²) in [5, 5.41) is 12.1. The molecule has 0 radical (unpaired) electrons. The van der Waals surface area contributed by atoms with Crippen LogP contribution in [0.2, 0.25) is 10.0 Å². The van der Waals surface area contributed by atoms with Crippen LogP contribution >= 0.6 is 34.5 Å². The molecule has 1 aromatic heterocycles. The Bertz CT molecular complexity index is 548. The summed E-state index contributed by atoms with van der Waals surface area (Å²) in [4.78, 5) is 14.8. The topological polar surface area (TPSA) is 50.2 Å². The number of hydrogen-bond donors (Lipinski definition) is 1. The highest BCUT2D eigenvalue weighted by molar-refractivity contribution is 7.10. The van der Waals surface area contributed by atoms with E-state index in [1.807, 2.05) is 0 Å². The van der Waals surface area contributed by atoms with E-state index in [0.29, 0.717) is 20.7 Å². The van der Waals surface area contributed by atoms with Crippen molar-refractivity contribution in [2.24, 2.45) is 0 Å². The molecule has 0 saturated heterocycles. The number of carboxylic acids is 1. The van der Waals surface area contributed by atoms with Gasteiger partial charge in [0.1, 0.15) is 5.01 Å². The Hall–Kier alpha value is -1.10. The summed E-state index contributed by atoms with van der Waals surface area (Å²) >= 11 is 13.1. The average Bonchev–Trinajstić information content (AvgIpc) is 2.63. The van der Waals surface area contributed by atoms with Crippen molar-refractivity contribution in [3.63, 3.8) is 0 Å². The minimum atomic E-state index is -0.893. The van der Waals surface area contributed by atoms with Gasteiger partial charge in [0.05, 0.1) is 12.1 Å². The van der Waals surface area contributed by atoms with Gasteiger partial charge in [0.25, 0.3) is 0 Å². The molecule has 0 saturated carbocycles. The lowest BCUT2D eigenvalue weighted by atomic mass is 10.2. The molecular weight excluding hydrogens is 281 g/mol. The fraction of sp³-hybridized carbons (Fsp3) is 0.0909. The Labute approximate surface area is 112 Å². The van der Waals surface area contributed by atoms with Gasteiger partial charge < -0.3 is 5.11 Å². The number of benzene rings is 1. The molecule has 1 heterocycles. The molecule has 0 spiro atoms. The maximum atomic E-state index is 10.5. The summed E-state index contributed by atoms with van der Waals surface area (Å²) in [5.74, 6) is -0.893. The van der Waals surface area contributed by atoms with Crippen molar-refractivity contribution in [1.29, 1.82) is 0 Å². The summed E-state index contributed by atoms with van der Waals surface area (Å²) in [5.41, 5.74) is 1.48. The third kappa shape index (κ3) is 3.19. The number of nitrogens with zero attached hydrogens (tertiary/aromatic N) is 1. The van der Waals surface area contributed by atoms with E-state index < -0.39 is 5.97 Å². The molecule has 0 bridgehead atoms. The number of carbonyl (C=O) groups is 1. The molecule has 3 nitrogen and oxygen atoms in total. The number of thiazole rings is 1. The van der Waals surface area contributed by atoms with Crippen LogP contribution in [-0.4, -0.2) is 16.1 Å². The van der Waals surface area contributed by atoms with Crippen molar-refractivity contribution in [2.45, 2.75) is 6.42 Å². The smallest absolute Gasteiger partial charge is 0.310 e. The van der Waals surface area contributed by atoms with E-state index >= 15 is 0 Å². The Morgan fingerprint density at radius 1 is 1.29 bits per heavy atom. The van der Waals surface area contributed by atoms with Crippen LogP contribution in [-0.2, 0) is 11.2 Å². The Balaban J connectivity index is 2.33. The van der Waals surface area contributed by atoms with E-state index in [1.54, 1.807) is 23.6 Å². The minimum absolute atomic E-state index is 0.0705. The van der Waals surface area contributed by atoms with Gasteiger partial charge in [0, 0.05) is 21.0 Å². The Morgan fingerprint density at radius 2 is 1.94 bits per heavy atom. The first-order valence-corrected chi connectivity index (χ1v) is 6.31. The van der Waals surface area contributed by atoms with Crippen molar-refractivity contribution >= 4 is 40.5 Å². The number of aromatic nitrogens is 1. The molecule has 1 N–H and O–H groups in total. The van der Waals surface area contributed by atoms with Crippen LogP contribution in [0.3, 0.4) is 0 Å². The zero-order chi connectivity index (χ0) is 12.4. The molecule has 0 aliphatic carbocycles. The van der Waals surface area contributed by atoms with E-state index in [1.165, 1.54) is 11.3 Å². The van der Waals surface area contributed by atoms with Gasteiger partial charge in [-0.2, -0.15) is 0 Å². The third-order valence-electron chi connectivity index (χ3n) is 2.01. The fourth-order valence-electron chi connectivity index (χ4n) is 1.36. The first kappa shape index (κ1) is 12.4. The quantitative estimate of drug-likeness (QED) is 0.935. The molecule has 2 rings (SSSR count). The predicted octanol–water partition coefficient (Wildman–Crippen LogP) is 3.74. The summed E-state index contributed by atoms with van der Waals surface area (Å²) in [7, 11) is 0. The highest BCUT2D eigenvalue weighted by Gasteiger charge is 2.09. The molecular formula is C11H7Cl2NO2S. The van der Waals surface area contributed by atoms with Gasteiger partial charge in [-0.3, -0.25) is 4.79 Å². The van der Waals surface area contributed by atoms with Crippen molar-refractivity contribution in [3.8, 4) is 11.3 Å². The summed E-state index contributed by atoms with van der Waals surface area (Å²) in [6.07, 6.45) is -0.0705. The van der Waals surface area contributed by atoms with E-state index in [4.69, 9.17) is 28.3 Å². The van der Waals surface area contributed by atoms with Gasteiger partial charge >= 0.3 is 5.97 Å². The van der Waals surface area contributed by atoms with Gasteiger partial charge in [0.2, 0.25) is 0 Å². The molecule has 0 aliphatic rings. The van der Waals surface area contributed by atoms with Crippen LogP contribution in [0.1, 0.15) is 5.01 Å². The highest BCUT2D eigenvalue weighted by Crippen LogP contribution is 2.28. The molecule has 0 atom stereocenters. The van der Waals surface area contributed by atoms with Crippen molar-refractivity contribution < 1.29 is 9.90 Å². The van der Waals surface area contributed by atoms with E-state index in [0.717, 1.165) is 5.56 Å². The summed E-state index contributed by atoms with van der Waals surface area (Å²) in [6.45, 7) is 0. The van der Waals surface area contributed by atoms with E-state index in [-0.39, 0.29) is 6.42 Å². The molecule has 0 unspecified atom stereocenters. The SMILES string of the molecule is O=C(O)Cc1nc(-c2cc(Cl)cc(Cl)c2)cs1. The lowest BCUT2D eigenvalue weighted by Gasteiger charge is -1.99. The molecule has 0 fully saturated rings. The maximum absolute atomic E-state index is 10.5. The highest BCUT2D eigenvalue weighted by atomic mass is 35.5.